The molecule has 0 saturated carbocycles. The molecule has 1 heteroatoms. The molecule has 1 aromatic rings. The second-order valence-corrected chi connectivity index (χ2v) is 6.09. The third-order valence-electron chi connectivity index (χ3n) is 4.31. The van der Waals surface area contributed by atoms with E-state index in [4.69, 9.17) is 0 Å². The van der Waals surface area contributed by atoms with E-state index in [2.05, 4.69) is 37.4 Å². The van der Waals surface area contributed by atoms with Crippen molar-refractivity contribution in [1.29, 1.82) is 0 Å². The van der Waals surface area contributed by atoms with Gasteiger partial charge in [0, 0.05) is 12.6 Å². The molecule has 1 N–H and O–H groups in total. The van der Waals surface area contributed by atoms with Gasteiger partial charge < -0.3 is 5.32 Å². The third-order valence-corrected chi connectivity index (χ3v) is 4.31. The smallest absolute Gasteiger partial charge is 0.0208 e. The van der Waals surface area contributed by atoms with Gasteiger partial charge in [-0.05, 0) is 49.3 Å². The lowest BCUT2D eigenvalue weighted by atomic mass is 10.1. The van der Waals surface area contributed by atoms with Gasteiger partial charge in [0.25, 0.3) is 0 Å². The van der Waals surface area contributed by atoms with Crippen LogP contribution in [0.15, 0.2) is 18.2 Å². The van der Waals surface area contributed by atoms with Gasteiger partial charge in [0.1, 0.15) is 0 Å². The third kappa shape index (κ3) is 4.65. The van der Waals surface area contributed by atoms with Crippen molar-refractivity contribution in [3.63, 3.8) is 0 Å². The molecule has 0 amide bonds. The number of hydrogen-bond donors (Lipinski definition) is 1. The molecular formula is C18H29N. The molecule has 1 nitrogen and oxygen atoms in total. The Labute approximate surface area is 118 Å². The number of unbranched alkanes of at least 4 members (excludes halogenated alkanes) is 3. The van der Waals surface area contributed by atoms with E-state index in [-0.39, 0.29) is 0 Å². The van der Waals surface area contributed by atoms with Crippen LogP contribution in [0.25, 0.3) is 0 Å². The fourth-order valence-corrected chi connectivity index (χ4v) is 3.01. The van der Waals surface area contributed by atoms with Crippen LogP contribution in [0.1, 0.15) is 69.1 Å². The van der Waals surface area contributed by atoms with Crippen LogP contribution in [0.4, 0.5) is 0 Å². The fraction of sp³-hybridized carbons (Fsp3) is 0.667. The summed E-state index contributed by atoms with van der Waals surface area (Å²) in [5.74, 6) is 0. The van der Waals surface area contributed by atoms with E-state index in [9.17, 15) is 0 Å². The highest BCUT2D eigenvalue weighted by molar-refractivity contribution is 5.35. The van der Waals surface area contributed by atoms with E-state index >= 15 is 0 Å². The molecule has 19 heavy (non-hydrogen) atoms. The van der Waals surface area contributed by atoms with E-state index in [0.717, 1.165) is 6.54 Å². The summed E-state index contributed by atoms with van der Waals surface area (Å²) in [5, 5.41) is 3.67. The summed E-state index contributed by atoms with van der Waals surface area (Å²) in [5.41, 5.74) is 4.63. The quantitative estimate of drug-likeness (QED) is 0.671. The Hall–Kier alpha value is -0.820. The summed E-state index contributed by atoms with van der Waals surface area (Å²) in [6.45, 7) is 5.62. The van der Waals surface area contributed by atoms with Crippen molar-refractivity contribution >= 4 is 0 Å². The van der Waals surface area contributed by atoms with Crippen molar-refractivity contribution in [2.45, 2.75) is 77.8 Å². The van der Waals surface area contributed by atoms with Crippen LogP contribution in [0, 0.1) is 0 Å². The standard InChI is InChI=1S/C18H29N/c1-3-4-5-6-8-15(2)19-14-16-11-12-17-9-7-10-18(17)13-16/h11-13,15,19H,3-10,14H2,1-2H3. The van der Waals surface area contributed by atoms with Gasteiger partial charge in [-0.25, -0.2) is 0 Å². The molecule has 1 aliphatic carbocycles. The first-order valence-electron chi connectivity index (χ1n) is 8.13. The Morgan fingerprint density at radius 2 is 1.95 bits per heavy atom. The summed E-state index contributed by atoms with van der Waals surface area (Å²) in [6.07, 6.45) is 10.7. The maximum absolute atomic E-state index is 3.67. The average Bonchev–Trinajstić information content (AvgIpc) is 2.89. The van der Waals surface area contributed by atoms with E-state index in [1.54, 1.807) is 11.1 Å². The van der Waals surface area contributed by atoms with Gasteiger partial charge in [-0.1, -0.05) is 50.8 Å². The predicted octanol–water partition coefficient (Wildman–Crippen LogP) is 4.62. The Morgan fingerprint density at radius 1 is 1.11 bits per heavy atom. The van der Waals surface area contributed by atoms with E-state index < -0.39 is 0 Å². The summed E-state index contributed by atoms with van der Waals surface area (Å²) in [6, 6.07) is 7.70. The maximum Gasteiger partial charge on any atom is 0.0208 e. The highest BCUT2D eigenvalue weighted by Crippen LogP contribution is 2.22. The Morgan fingerprint density at radius 3 is 2.79 bits per heavy atom. The number of hydrogen-bond acceptors (Lipinski definition) is 1. The molecule has 0 heterocycles. The average molecular weight is 259 g/mol. The zero-order valence-electron chi connectivity index (χ0n) is 12.7. The highest BCUT2D eigenvalue weighted by Gasteiger charge is 2.10. The van der Waals surface area contributed by atoms with Gasteiger partial charge in [0.15, 0.2) is 0 Å². The molecule has 1 unspecified atom stereocenters. The highest BCUT2D eigenvalue weighted by atomic mass is 14.9. The van der Waals surface area contributed by atoms with Crippen LogP contribution in [0.2, 0.25) is 0 Å². The lowest BCUT2D eigenvalue weighted by Crippen LogP contribution is -2.25. The molecule has 106 valence electrons. The molecule has 0 aliphatic heterocycles. The minimum absolute atomic E-state index is 0.644. The van der Waals surface area contributed by atoms with Crippen LogP contribution in [0.3, 0.4) is 0 Å². The Bertz CT molecular complexity index is 383. The summed E-state index contributed by atoms with van der Waals surface area (Å²) in [7, 11) is 0. The Kier molecular flexibility index (Phi) is 5.91. The van der Waals surface area contributed by atoms with Crippen molar-refractivity contribution in [3.8, 4) is 0 Å². The molecule has 2 rings (SSSR count). The molecule has 0 saturated heterocycles. The normalized spacial score (nSPS) is 15.5. The van der Waals surface area contributed by atoms with Gasteiger partial charge in [-0.15, -0.1) is 0 Å². The summed E-state index contributed by atoms with van der Waals surface area (Å²) < 4.78 is 0. The van der Waals surface area contributed by atoms with Crippen molar-refractivity contribution in [3.05, 3.63) is 34.9 Å². The molecule has 0 radical (unpaired) electrons. The monoisotopic (exact) mass is 259 g/mol. The predicted molar refractivity (Wildman–Crippen MR) is 83.5 cm³/mol. The zero-order chi connectivity index (χ0) is 13.5. The van der Waals surface area contributed by atoms with Crippen LogP contribution in [0.5, 0.6) is 0 Å². The lowest BCUT2D eigenvalue weighted by Gasteiger charge is -2.14. The largest absolute Gasteiger partial charge is 0.310 e. The number of aryl methyl sites for hydroxylation is 2. The van der Waals surface area contributed by atoms with Crippen molar-refractivity contribution in [1.82, 2.24) is 5.32 Å². The molecule has 0 spiro atoms. The van der Waals surface area contributed by atoms with Crippen LogP contribution >= 0.6 is 0 Å². The summed E-state index contributed by atoms with van der Waals surface area (Å²) >= 11 is 0. The minimum atomic E-state index is 0.644. The van der Waals surface area contributed by atoms with E-state index in [0.29, 0.717) is 6.04 Å². The van der Waals surface area contributed by atoms with Crippen LogP contribution in [-0.4, -0.2) is 6.04 Å². The number of nitrogens with one attached hydrogen (secondary N) is 1. The molecule has 0 bridgehead atoms. The van der Waals surface area contributed by atoms with Gasteiger partial charge in [-0.3, -0.25) is 0 Å². The van der Waals surface area contributed by atoms with Gasteiger partial charge in [0.05, 0.1) is 0 Å². The van der Waals surface area contributed by atoms with Gasteiger partial charge in [0.2, 0.25) is 0 Å². The second kappa shape index (κ2) is 7.69. The Balaban J connectivity index is 1.70. The first-order valence-corrected chi connectivity index (χ1v) is 8.13. The maximum atomic E-state index is 3.67. The number of fused-ring (bicyclic) bond motifs is 1. The summed E-state index contributed by atoms with van der Waals surface area (Å²) in [4.78, 5) is 0. The molecular weight excluding hydrogens is 230 g/mol. The first-order chi connectivity index (χ1) is 9.29. The molecule has 1 aliphatic rings. The van der Waals surface area contributed by atoms with Gasteiger partial charge >= 0.3 is 0 Å². The number of rotatable bonds is 8. The second-order valence-electron chi connectivity index (χ2n) is 6.09. The topological polar surface area (TPSA) is 12.0 Å². The molecule has 0 aromatic heterocycles. The van der Waals surface area contributed by atoms with Crippen LogP contribution in [-0.2, 0) is 19.4 Å². The first kappa shape index (κ1) is 14.6. The lowest BCUT2D eigenvalue weighted by molar-refractivity contribution is 0.482. The zero-order valence-corrected chi connectivity index (χ0v) is 12.7. The van der Waals surface area contributed by atoms with Crippen molar-refractivity contribution in [2.75, 3.05) is 0 Å². The SMILES string of the molecule is CCCCCCC(C)NCc1ccc2c(c1)CCC2. The van der Waals surface area contributed by atoms with E-state index in [1.165, 1.54) is 56.9 Å². The fourth-order valence-electron chi connectivity index (χ4n) is 3.01. The van der Waals surface area contributed by atoms with E-state index in [1.807, 2.05) is 0 Å². The van der Waals surface area contributed by atoms with Crippen molar-refractivity contribution in [2.24, 2.45) is 0 Å². The van der Waals surface area contributed by atoms with Gasteiger partial charge in [-0.2, -0.15) is 0 Å². The minimum Gasteiger partial charge on any atom is -0.310 e. The number of benzene rings is 1. The van der Waals surface area contributed by atoms with Crippen LogP contribution < -0.4 is 5.32 Å². The molecule has 1 aromatic carbocycles. The van der Waals surface area contributed by atoms with Crippen molar-refractivity contribution < 1.29 is 0 Å². The molecule has 1 atom stereocenters. The molecule has 0 fully saturated rings.